The molecule has 2 aromatic rings. The number of amides is 1. The average Bonchev–Trinajstić information content (AvgIpc) is 2.41. The fourth-order valence-electron chi connectivity index (χ4n) is 1.60. The van der Waals surface area contributed by atoms with E-state index in [1.54, 1.807) is 19.4 Å². The molecule has 1 heterocycles. The maximum Gasteiger partial charge on any atom is 0.229 e. The van der Waals surface area contributed by atoms with Gasteiger partial charge >= 0.3 is 0 Å². The summed E-state index contributed by atoms with van der Waals surface area (Å²) in [7, 11) is 1.60. The van der Waals surface area contributed by atoms with Crippen LogP contribution in [-0.4, -0.2) is 18.0 Å². The second kappa shape index (κ2) is 6.33. The molecular formula is C14H13BrN2O2. The molecule has 0 saturated carbocycles. The first-order valence-electron chi connectivity index (χ1n) is 5.72. The maximum absolute atomic E-state index is 11.9. The highest BCUT2D eigenvalue weighted by Gasteiger charge is 2.05. The Hall–Kier alpha value is -1.88. The van der Waals surface area contributed by atoms with Gasteiger partial charge in [-0.2, -0.15) is 0 Å². The third-order valence-corrected chi connectivity index (χ3v) is 2.96. The number of carbonyl (C=O) groups is 1. The van der Waals surface area contributed by atoms with Gasteiger partial charge in [0.2, 0.25) is 5.91 Å². The molecule has 0 fully saturated rings. The Kier molecular flexibility index (Phi) is 4.52. The zero-order chi connectivity index (χ0) is 13.7. The van der Waals surface area contributed by atoms with Crippen LogP contribution in [0.3, 0.4) is 0 Å². The van der Waals surface area contributed by atoms with Gasteiger partial charge < -0.3 is 10.1 Å². The van der Waals surface area contributed by atoms with E-state index in [1.807, 2.05) is 30.3 Å². The molecule has 1 aromatic heterocycles. The first-order valence-corrected chi connectivity index (χ1v) is 6.51. The Labute approximate surface area is 119 Å². The number of carbonyl (C=O) groups excluding carboxylic acids is 1. The molecule has 0 atom stereocenters. The third-order valence-electron chi connectivity index (χ3n) is 2.49. The van der Waals surface area contributed by atoms with Gasteiger partial charge in [0.05, 0.1) is 13.5 Å². The maximum atomic E-state index is 11.9. The van der Waals surface area contributed by atoms with E-state index in [9.17, 15) is 4.79 Å². The Morgan fingerprint density at radius 2 is 2.21 bits per heavy atom. The number of aromatic nitrogens is 1. The van der Waals surface area contributed by atoms with E-state index in [0.717, 1.165) is 15.8 Å². The fraction of sp³-hybridized carbons (Fsp3) is 0.143. The molecule has 98 valence electrons. The van der Waals surface area contributed by atoms with Crippen molar-refractivity contribution in [1.82, 2.24) is 4.98 Å². The molecular weight excluding hydrogens is 308 g/mol. The highest BCUT2D eigenvalue weighted by atomic mass is 79.9. The van der Waals surface area contributed by atoms with Crippen molar-refractivity contribution < 1.29 is 9.53 Å². The molecule has 19 heavy (non-hydrogen) atoms. The quantitative estimate of drug-likeness (QED) is 0.942. The first kappa shape index (κ1) is 13.5. The molecule has 0 aliphatic rings. The summed E-state index contributed by atoms with van der Waals surface area (Å²) < 4.78 is 5.99. The highest BCUT2D eigenvalue weighted by molar-refractivity contribution is 9.10. The molecule has 5 heteroatoms. The molecule has 0 aliphatic carbocycles. The van der Waals surface area contributed by atoms with Crippen LogP contribution in [0.4, 0.5) is 5.82 Å². The SMILES string of the molecule is COc1cccc(CC(=O)Nc2ccc(Br)cn2)c1. The van der Waals surface area contributed by atoms with Gasteiger partial charge in [-0.15, -0.1) is 0 Å². The van der Waals surface area contributed by atoms with Gasteiger partial charge in [0.25, 0.3) is 0 Å². The van der Waals surface area contributed by atoms with Crippen molar-refractivity contribution in [3.63, 3.8) is 0 Å². The van der Waals surface area contributed by atoms with Crippen molar-refractivity contribution in [2.24, 2.45) is 0 Å². The van der Waals surface area contributed by atoms with Gasteiger partial charge in [-0.25, -0.2) is 4.98 Å². The fourth-order valence-corrected chi connectivity index (χ4v) is 1.84. The van der Waals surface area contributed by atoms with Crippen LogP contribution in [-0.2, 0) is 11.2 Å². The second-order valence-corrected chi connectivity index (χ2v) is 4.85. The number of rotatable bonds is 4. The van der Waals surface area contributed by atoms with E-state index in [0.29, 0.717) is 5.82 Å². The molecule has 1 N–H and O–H groups in total. The molecule has 0 radical (unpaired) electrons. The number of hydrogen-bond acceptors (Lipinski definition) is 3. The van der Waals surface area contributed by atoms with Crippen molar-refractivity contribution in [3.8, 4) is 5.75 Å². The summed E-state index contributed by atoms with van der Waals surface area (Å²) >= 11 is 3.29. The third kappa shape index (κ3) is 4.06. The summed E-state index contributed by atoms with van der Waals surface area (Å²) in [4.78, 5) is 16.0. The molecule has 0 saturated heterocycles. The van der Waals surface area contributed by atoms with Crippen molar-refractivity contribution in [2.75, 3.05) is 12.4 Å². The predicted octanol–water partition coefficient (Wildman–Crippen LogP) is 3.03. The van der Waals surface area contributed by atoms with E-state index in [1.165, 1.54) is 0 Å². The highest BCUT2D eigenvalue weighted by Crippen LogP contribution is 2.14. The number of halogens is 1. The largest absolute Gasteiger partial charge is 0.497 e. The smallest absolute Gasteiger partial charge is 0.229 e. The first-order chi connectivity index (χ1) is 9.17. The van der Waals surface area contributed by atoms with Crippen LogP contribution in [0.15, 0.2) is 47.1 Å². The van der Waals surface area contributed by atoms with Crippen molar-refractivity contribution in [2.45, 2.75) is 6.42 Å². The van der Waals surface area contributed by atoms with Gasteiger partial charge in [-0.1, -0.05) is 12.1 Å². The minimum Gasteiger partial charge on any atom is -0.497 e. The summed E-state index contributed by atoms with van der Waals surface area (Å²) in [5, 5.41) is 2.74. The normalized spacial score (nSPS) is 10.0. The van der Waals surface area contributed by atoms with Crippen molar-refractivity contribution >= 4 is 27.7 Å². The number of methoxy groups -OCH3 is 1. The van der Waals surface area contributed by atoms with Gasteiger partial charge in [-0.3, -0.25) is 4.79 Å². The Morgan fingerprint density at radius 3 is 2.89 bits per heavy atom. The monoisotopic (exact) mass is 320 g/mol. The number of pyridine rings is 1. The molecule has 0 bridgehead atoms. The summed E-state index contributed by atoms with van der Waals surface area (Å²) in [6.45, 7) is 0. The van der Waals surface area contributed by atoms with Crippen LogP contribution in [0.2, 0.25) is 0 Å². The summed E-state index contributed by atoms with van der Waals surface area (Å²) in [6.07, 6.45) is 1.93. The minimum absolute atomic E-state index is 0.108. The van der Waals surface area contributed by atoms with Crippen molar-refractivity contribution in [3.05, 3.63) is 52.6 Å². The Bertz CT molecular complexity index is 570. The van der Waals surface area contributed by atoms with Crippen LogP contribution in [0, 0.1) is 0 Å². The lowest BCUT2D eigenvalue weighted by atomic mass is 10.1. The van der Waals surface area contributed by atoms with Crippen LogP contribution in [0.25, 0.3) is 0 Å². The lowest BCUT2D eigenvalue weighted by Gasteiger charge is -2.06. The molecule has 4 nitrogen and oxygen atoms in total. The minimum atomic E-state index is -0.108. The molecule has 1 amide bonds. The number of nitrogens with one attached hydrogen (secondary N) is 1. The number of hydrogen-bond donors (Lipinski definition) is 1. The van der Waals surface area contributed by atoms with E-state index in [4.69, 9.17) is 4.74 Å². The molecule has 2 rings (SSSR count). The van der Waals surface area contributed by atoms with Crippen LogP contribution in [0.5, 0.6) is 5.75 Å². The molecule has 1 aromatic carbocycles. The molecule has 0 spiro atoms. The predicted molar refractivity (Wildman–Crippen MR) is 77.3 cm³/mol. The summed E-state index contributed by atoms with van der Waals surface area (Å²) in [6, 6.07) is 11.0. The zero-order valence-corrected chi connectivity index (χ0v) is 12.0. The van der Waals surface area contributed by atoms with E-state index in [2.05, 4.69) is 26.2 Å². The molecule has 0 aliphatic heterocycles. The van der Waals surface area contributed by atoms with Gasteiger partial charge in [-0.05, 0) is 45.8 Å². The standard InChI is InChI=1S/C14H13BrN2O2/c1-19-12-4-2-3-10(7-12)8-14(18)17-13-6-5-11(15)9-16-13/h2-7,9H,8H2,1H3,(H,16,17,18). The second-order valence-electron chi connectivity index (χ2n) is 3.94. The number of ether oxygens (including phenoxy) is 1. The number of benzene rings is 1. The van der Waals surface area contributed by atoms with Gasteiger partial charge in [0.1, 0.15) is 11.6 Å². The lowest BCUT2D eigenvalue weighted by Crippen LogP contribution is -2.15. The van der Waals surface area contributed by atoms with E-state index < -0.39 is 0 Å². The topological polar surface area (TPSA) is 51.2 Å². The number of nitrogens with zero attached hydrogens (tertiary/aromatic N) is 1. The average molecular weight is 321 g/mol. The van der Waals surface area contributed by atoms with Crippen LogP contribution in [0.1, 0.15) is 5.56 Å². The molecule has 0 unspecified atom stereocenters. The van der Waals surface area contributed by atoms with Gasteiger partial charge in [0.15, 0.2) is 0 Å². The Balaban J connectivity index is 1.99. The van der Waals surface area contributed by atoms with Crippen LogP contribution >= 0.6 is 15.9 Å². The van der Waals surface area contributed by atoms with Gasteiger partial charge in [0, 0.05) is 10.7 Å². The van der Waals surface area contributed by atoms with E-state index in [-0.39, 0.29) is 12.3 Å². The number of anilines is 1. The Morgan fingerprint density at radius 1 is 1.37 bits per heavy atom. The van der Waals surface area contributed by atoms with Crippen LogP contribution < -0.4 is 10.1 Å². The van der Waals surface area contributed by atoms with E-state index >= 15 is 0 Å². The zero-order valence-electron chi connectivity index (χ0n) is 10.4. The van der Waals surface area contributed by atoms with Crippen molar-refractivity contribution in [1.29, 1.82) is 0 Å². The summed E-state index contributed by atoms with van der Waals surface area (Å²) in [5.41, 5.74) is 0.897. The lowest BCUT2D eigenvalue weighted by molar-refractivity contribution is -0.115. The summed E-state index contributed by atoms with van der Waals surface area (Å²) in [5.74, 6) is 1.17.